The third kappa shape index (κ3) is 4.96. The smallest absolute Gasteiger partial charge is 0.406 e. The highest BCUT2D eigenvalue weighted by atomic mass is 19.4. The molecular weight excluding hydrogens is 485 g/mol. The van der Waals surface area contributed by atoms with Crippen LogP contribution in [0.25, 0.3) is 22.6 Å². The first-order chi connectivity index (χ1) is 17.9. The van der Waals surface area contributed by atoms with Crippen molar-refractivity contribution in [2.75, 3.05) is 26.2 Å². The number of hydrogen-bond donors (Lipinski definition) is 1. The largest absolute Gasteiger partial charge is 0.573 e. The van der Waals surface area contributed by atoms with Crippen LogP contribution in [0.1, 0.15) is 55.1 Å². The normalized spacial score (nSPS) is 19.5. The highest BCUT2D eigenvalue weighted by Gasteiger charge is 2.37. The van der Waals surface area contributed by atoms with E-state index in [1.165, 1.54) is 25.0 Å². The molecule has 37 heavy (non-hydrogen) atoms. The van der Waals surface area contributed by atoms with Gasteiger partial charge in [0.25, 0.3) is 5.91 Å². The van der Waals surface area contributed by atoms with Crippen LogP contribution in [0.4, 0.5) is 13.2 Å². The van der Waals surface area contributed by atoms with Gasteiger partial charge in [-0.15, -0.1) is 13.2 Å². The summed E-state index contributed by atoms with van der Waals surface area (Å²) in [4.78, 5) is 23.4. The molecule has 8 nitrogen and oxygen atoms in total. The number of halogens is 3. The van der Waals surface area contributed by atoms with Gasteiger partial charge in [0.15, 0.2) is 0 Å². The number of aromatic amines is 1. The number of likely N-dealkylation sites (tertiary alicyclic amines) is 2. The van der Waals surface area contributed by atoms with E-state index in [0.717, 1.165) is 38.8 Å². The van der Waals surface area contributed by atoms with E-state index in [4.69, 9.17) is 4.98 Å². The molecule has 0 atom stereocenters. The third-order valence-corrected chi connectivity index (χ3v) is 7.55. The Hall–Kier alpha value is -3.34. The number of piperidine rings is 1. The Morgan fingerprint density at radius 3 is 2.24 bits per heavy atom. The Labute approximate surface area is 212 Å². The van der Waals surface area contributed by atoms with Crippen molar-refractivity contribution in [1.82, 2.24) is 29.5 Å². The first-order valence-corrected chi connectivity index (χ1v) is 12.9. The van der Waals surface area contributed by atoms with Gasteiger partial charge < -0.3 is 19.1 Å². The number of nitrogens with zero attached hydrogens (tertiary/aromatic N) is 5. The number of imidazole rings is 1. The molecule has 0 bridgehead atoms. The van der Waals surface area contributed by atoms with Crippen LogP contribution in [-0.2, 0) is 0 Å². The van der Waals surface area contributed by atoms with Gasteiger partial charge in [-0.2, -0.15) is 5.10 Å². The van der Waals surface area contributed by atoms with Crippen molar-refractivity contribution in [3.8, 4) is 28.4 Å². The summed E-state index contributed by atoms with van der Waals surface area (Å²) in [7, 11) is 0. The van der Waals surface area contributed by atoms with Gasteiger partial charge in [-0.25, -0.2) is 4.98 Å². The first-order valence-electron chi connectivity index (χ1n) is 12.9. The minimum Gasteiger partial charge on any atom is -0.406 e. The third-order valence-electron chi connectivity index (χ3n) is 7.55. The second kappa shape index (κ2) is 9.51. The van der Waals surface area contributed by atoms with Crippen molar-refractivity contribution in [3.05, 3.63) is 42.4 Å². The van der Waals surface area contributed by atoms with Crippen LogP contribution < -0.4 is 4.74 Å². The minimum absolute atomic E-state index is 0.0567. The lowest BCUT2D eigenvalue weighted by atomic mass is 10.0. The summed E-state index contributed by atoms with van der Waals surface area (Å²) in [5, 5.41) is 6.86. The van der Waals surface area contributed by atoms with Gasteiger partial charge in [0.05, 0.1) is 6.20 Å². The van der Waals surface area contributed by atoms with Crippen molar-refractivity contribution in [2.45, 2.75) is 57.0 Å². The van der Waals surface area contributed by atoms with Crippen LogP contribution in [0.15, 0.2) is 36.7 Å². The van der Waals surface area contributed by atoms with Gasteiger partial charge in [0, 0.05) is 42.5 Å². The molecule has 6 rings (SSSR count). The number of amides is 1. The van der Waals surface area contributed by atoms with Crippen LogP contribution in [0.5, 0.6) is 5.75 Å². The molecule has 2 aromatic heterocycles. The van der Waals surface area contributed by atoms with Gasteiger partial charge in [-0.05, 0) is 75.9 Å². The number of H-pyrrole nitrogens is 1. The maximum Gasteiger partial charge on any atom is 0.573 e. The maximum atomic E-state index is 14.0. The lowest BCUT2D eigenvalue weighted by Crippen LogP contribution is -2.46. The topological polar surface area (TPSA) is 79.3 Å². The molecule has 1 amide bonds. The van der Waals surface area contributed by atoms with E-state index >= 15 is 0 Å². The molecule has 3 aliphatic rings. The maximum absolute atomic E-state index is 14.0. The Kier molecular flexibility index (Phi) is 6.18. The van der Waals surface area contributed by atoms with E-state index in [0.29, 0.717) is 47.5 Å². The zero-order valence-corrected chi connectivity index (χ0v) is 20.4. The molecule has 2 saturated heterocycles. The first kappa shape index (κ1) is 24.0. The average Bonchev–Trinajstić information content (AvgIpc) is 3.29. The Bertz CT molecular complexity index is 1240. The van der Waals surface area contributed by atoms with Crippen LogP contribution >= 0.6 is 0 Å². The molecule has 3 fully saturated rings. The number of aromatic nitrogens is 4. The molecule has 0 spiro atoms. The van der Waals surface area contributed by atoms with Gasteiger partial charge in [0.1, 0.15) is 23.0 Å². The molecule has 1 saturated carbocycles. The fourth-order valence-electron chi connectivity index (χ4n) is 5.61. The zero-order chi connectivity index (χ0) is 25.6. The second-order valence-electron chi connectivity index (χ2n) is 10.1. The van der Waals surface area contributed by atoms with Crippen molar-refractivity contribution in [3.63, 3.8) is 0 Å². The number of carbonyl (C=O) groups excluding carboxylic acids is 1. The molecule has 0 radical (unpaired) electrons. The van der Waals surface area contributed by atoms with Crippen molar-refractivity contribution < 1.29 is 22.7 Å². The van der Waals surface area contributed by atoms with Crippen LogP contribution in [0.3, 0.4) is 0 Å². The molecule has 1 aromatic carbocycles. The Balaban J connectivity index is 1.33. The lowest BCUT2D eigenvalue weighted by Gasteiger charge is -2.36. The summed E-state index contributed by atoms with van der Waals surface area (Å²) < 4.78 is 43.9. The fraction of sp³-hybridized carbons (Fsp3) is 0.500. The zero-order valence-electron chi connectivity index (χ0n) is 20.4. The van der Waals surface area contributed by atoms with Crippen LogP contribution in [0.2, 0.25) is 0 Å². The van der Waals surface area contributed by atoms with Gasteiger partial charge >= 0.3 is 6.36 Å². The predicted molar refractivity (Wildman–Crippen MR) is 130 cm³/mol. The van der Waals surface area contributed by atoms with E-state index in [1.54, 1.807) is 24.5 Å². The lowest BCUT2D eigenvalue weighted by molar-refractivity contribution is -0.274. The number of alkyl halides is 3. The Morgan fingerprint density at radius 2 is 1.65 bits per heavy atom. The number of carbonyl (C=O) groups is 1. The summed E-state index contributed by atoms with van der Waals surface area (Å²) in [5.41, 5.74) is 2.39. The van der Waals surface area contributed by atoms with Crippen LogP contribution in [0, 0.1) is 0 Å². The molecule has 1 aliphatic carbocycles. The molecule has 196 valence electrons. The van der Waals surface area contributed by atoms with Crippen molar-refractivity contribution in [1.29, 1.82) is 0 Å². The molecule has 2 aliphatic heterocycles. The van der Waals surface area contributed by atoms with Gasteiger partial charge in [0.2, 0.25) is 0 Å². The van der Waals surface area contributed by atoms with E-state index in [-0.39, 0.29) is 17.7 Å². The minimum atomic E-state index is -4.76. The van der Waals surface area contributed by atoms with Crippen LogP contribution in [-0.4, -0.2) is 74.0 Å². The van der Waals surface area contributed by atoms with Gasteiger partial charge in [-0.3, -0.25) is 9.89 Å². The fourth-order valence-corrected chi connectivity index (χ4v) is 5.61. The molecule has 1 N–H and O–H groups in total. The van der Waals surface area contributed by atoms with Crippen molar-refractivity contribution >= 4 is 5.91 Å². The summed E-state index contributed by atoms with van der Waals surface area (Å²) in [6, 6.07) is 6.30. The van der Waals surface area contributed by atoms with Crippen molar-refractivity contribution in [2.24, 2.45) is 0 Å². The number of rotatable bonds is 6. The highest BCUT2D eigenvalue weighted by molar-refractivity contribution is 5.99. The predicted octanol–water partition coefficient (Wildman–Crippen LogP) is 4.87. The second-order valence-corrected chi connectivity index (χ2v) is 10.1. The molecule has 0 unspecified atom stereocenters. The number of ether oxygens (including phenoxy) is 1. The number of nitrogens with one attached hydrogen (secondary N) is 1. The highest BCUT2D eigenvalue weighted by Crippen LogP contribution is 2.43. The van der Waals surface area contributed by atoms with E-state index < -0.39 is 6.36 Å². The summed E-state index contributed by atoms with van der Waals surface area (Å²) >= 11 is 0. The number of benzene rings is 1. The molecule has 3 aromatic rings. The SMILES string of the molecule is O=C(c1c(-c2cn[nH]c2)nc(-c2ccc(OC(F)(F)F)cc2)n1C1CC1)N1CCC(N2CCCC2)CC1. The summed E-state index contributed by atoms with van der Waals surface area (Å²) in [6.45, 7) is 3.68. The van der Waals surface area contributed by atoms with E-state index in [2.05, 4.69) is 19.8 Å². The molecule has 4 heterocycles. The monoisotopic (exact) mass is 514 g/mol. The van der Waals surface area contributed by atoms with E-state index in [1.807, 2.05) is 9.47 Å². The average molecular weight is 515 g/mol. The van der Waals surface area contributed by atoms with Gasteiger partial charge in [-0.1, -0.05) is 0 Å². The molecule has 11 heteroatoms. The standard InChI is InChI=1S/C26H29F3N6O2/c27-26(28,29)37-21-7-3-17(4-8-21)24-32-22(18-15-30-31-16-18)23(35(24)20-5-6-20)25(36)34-13-9-19(10-14-34)33-11-1-2-12-33/h3-4,7-8,15-16,19-20H,1-2,5-6,9-14H2,(H,30,31). The summed E-state index contributed by atoms with van der Waals surface area (Å²) in [6.07, 6.45) is 4.83. The summed E-state index contributed by atoms with van der Waals surface area (Å²) in [5.74, 6) is 0.208. The molecular formula is C26H29F3N6O2. The number of hydrogen-bond acceptors (Lipinski definition) is 5. The van der Waals surface area contributed by atoms with E-state index in [9.17, 15) is 18.0 Å². The quantitative estimate of drug-likeness (QED) is 0.508. The Morgan fingerprint density at radius 1 is 0.946 bits per heavy atom.